The molecule has 150 valence electrons. The number of aromatic nitrogens is 3. The third-order valence-corrected chi connectivity index (χ3v) is 5.28. The molecule has 1 aliphatic rings. The van der Waals surface area contributed by atoms with E-state index in [2.05, 4.69) is 38.5 Å². The van der Waals surface area contributed by atoms with E-state index in [1.807, 2.05) is 49.4 Å². The van der Waals surface area contributed by atoms with Crippen molar-refractivity contribution in [1.82, 2.24) is 24.8 Å². The zero-order valence-corrected chi connectivity index (χ0v) is 16.9. The summed E-state index contributed by atoms with van der Waals surface area (Å²) in [4.78, 5) is 17.5. The first-order valence-electron chi connectivity index (χ1n) is 9.87. The normalized spacial score (nSPS) is 15.4. The molecule has 0 radical (unpaired) electrons. The van der Waals surface area contributed by atoms with Crippen LogP contribution in [-0.4, -0.2) is 63.9 Å². The van der Waals surface area contributed by atoms with E-state index < -0.39 is 0 Å². The predicted molar refractivity (Wildman–Crippen MR) is 113 cm³/mol. The number of likely N-dealkylation sites (N-methyl/N-ethyl adjacent to an activating group) is 1. The molecule has 0 unspecified atom stereocenters. The van der Waals surface area contributed by atoms with E-state index in [9.17, 15) is 4.79 Å². The zero-order valence-electron chi connectivity index (χ0n) is 16.9. The Labute approximate surface area is 170 Å². The van der Waals surface area contributed by atoms with Crippen molar-refractivity contribution >= 4 is 11.6 Å². The van der Waals surface area contributed by atoms with E-state index in [0.29, 0.717) is 5.56 Å². The van der Waals surface area contributed by atoms with Gasteiger partial charge in [-0.1, -0.05) is 17.3 Å². The van der Waals surface area contributed by atoms with Crippen LogP contribution in [0.4, 0.5) is 5.69 Å². The summed E-state index contributed by atoms with van der Waals surface area (Å²) in [5, 5.41) is 10.9. The summed E-state index contributed by atoms with van der Waals surface area (Å²) in [5.41, 5.74) is 4.46. The summed E-state index contributed by atoms with van der Waals surface area (Å²) in [5.74, 6) is -0.102. The SMILES string of the molecule is Cc1cnnn1-c1ccc(NC(=O)c2cccc(CN3CCN(C)CC3)c2)cc1. The van der Waals surface area contributed by atoms with E-state index in [0.717, 1.165) is 49.8 Å². The molecule has 0 spiro atoms. The number of carbonyl (C=O) groups excluding carboxylic acids is 1. The summed E-state index contributed by atoms with van der Waals surface area (Å²) < 4.78 is 1.76. The molecule has 4 rings (SSSR count). The van der Waals surface area contributed by atoms with Gasteiger partial charge in [0.25, 0.3) is 5.91 Å². The Morgan fingerprint density at radius 3 is 2.52 bits per heavy atom. The molecule has 1 saturated heterocycles. The number of amides is 1. The van der Waals surface area contributed by atoms with Crippen LogP contribution in [0, 0.1) is 6.92 Å². The molecule has 1 aliphatic heterocycles. The van der Waals surface area contributed by atoms with Crippen molar-refractivity contribution in [1.29, 1.82) is 0 Å². The lowest BCUT2D eigenvalue weighted by Crippen LogP contribution is -2.43. The lowest BCUT2D eigenvalue weighted by atomic mass is 10.1. The van der Waals surface area contributed by atoms with Gasteiger partial charge in [0.1, 0.15) is 0 Å². The smallest absolute Gasteiger partial charge is 0.255 e. The van der Waals surface area contributed by atoms with Crippen molar-refractivity contribution < 1.29 is 4.79 Å². The summed E-state index contributed by atoms with van der Waals surface area (Å²) >= 11 is 0. The first kappa shape index (κ1) is 19.3. The Balaban J connectivity index is 1.40. The largest absolute Gasteiger partial charge is 0.322 e. The van der Waals surface area contributed by atoms with Crippen LogP contribution < -0.4 is 5.32 Å². The highest BCUT2D eigenvalue weighted by molar-refractivity contribution is 6.04. The number of carbonyl (C=O) groups is 1. The molecule has 0 atom stereocenters. The van der Waals surface area contributed by atoms with Crippen LogP contribution in [0.3, 0.4) is 0 Å². The van der Waals surface area contributed by atoms with Crippen molar-refractivity contribution in [3.63, 3.8) is 0 Å². The Bertz CT molecular complexity index is 973. The third kappa shape index (κ3) is 4.70. The number of aryl methyl sites for hydroxylation is 1. The molecule has 0 saturated carbocycles. The highest BCUT2D eigenvalue weighted by atomic mass is 16.1. The van der Waals surface area contributed by atoms with Crippen LogP contribution >= 0.6 is 0 Å². The van der Waals surface area contributed by atoms with Crippen LogP contribution in [0.1, 0.15) is 21.6 Å². The monoisotopic (exact) mass is 390 g/mol. The molecule has 2 heterocycles. The fourth-order valence-corrected chi connectivity index (χ4v) is 3.51. The number of nitrogens with one attached hydrogen (secondary N) is 1. The highest BCUT2D eigenvalue weighted by Gasteiger charge is 2.15. The maximum Gasteiger partial charge on any atom is 0.255 e. The molecular weight excluding hydrogens is 364 g/mol. The Morgan fingerprint density at radius 1 is 1.07 bits per heavy atom. The van der Waals surface area contributed by atoms with Gasteiger partial charge in [0, 0.05) is 44.0 Å². The Hall–Kier alpha value is -3.03. The summed E-state index contributed by atoms with van der Waals surface area (Å²) in [6.45, 7) is 7.12. The third-order valence-electron chi connectivity index (χ3n) is 5.28. The van der Waals surface area contributed by atoms with Gasteiger partial charge in [0.15, 0.2) is 0 Å². The van der Waals surface area contributed by atoms with Gasteiger partial charge in [-0.2, -0.15) is 0 Å². The first-order chi connectivity index (χ1) is 14.1. The molecule has 7 nitrogen and oxygen atoms in total. The summed E-state index contributed by atoms with van der Waals surface area (Å²) in [6, 6.07) is 15.5. The quantitative estimate of drug-likeness (QED) is 0.725. The number of hydrogen-bond donors (Lipinski definition) is 1. The standard InChI is InChI=1S/C22H26N6O/c1-17-15-23-25-28(17)21-8-6-20(7-9-21)24-22(29)19-5-3-4-18(14-19)16-27-12-10-26(2)11-13-27/h3-9,14-15H,10-13,16H2,1-2H3,(H,24,29). The van der Waals surface area contributed by atoms with E-state index in [-0.39, 0.29) is 5.91 Å². The maximum absolute atomic E-state index is 12.7. The molecule has 1 amide bonds. The minimum Gasteiger partial charge on any atom is -0.322 e. The Kier molecular flexibility index (Phi) is 5.69. The van der Waals surface area contributed by atoms with E-state index in [1.165, 1.54) is 5.56 Å². The fourth-order valence-electron chi connectivity index (χ4n) is 3.51. The molecule has 1 fully saturated rings. The number of nitrogens with zero attached hydrogens (tertiary/aromatic N) is 5. The summed E-state index contributed by atoms with van der Waals surface area (Å²) in [7, 11) is 2.15. The van der Waals surface area contributed by atoms with Gasteiger partial charge in [-0.15, -0.1) is 5.10 Å². The van der Waals surface area contributed by atoms with Gasteiger partial charge in [0.2, 0.25) is 0 Å². The van der Waals surface area contributed by atoms with Crippen LogP contribution in [0.5, 0.6) is 0 Å². The molecule has 3 aromatic rings. The van der Waals surface area contributed by atoms with Crippen molar-refractivity contribution in [3.8, 4) is 5.69 Å². The van der Waals surface area contributed by atoms with Crippen LogP contribution in [0.2, 0.25) is 0 Å². The minimum absolute atomic E-state index is 0.102. The van der Waals surface area contributed by atoms with Crippen molar-refractivity contribution in [2.75, 3.05) is 38.5 Å². The first-order valence-corrected chi connectivity index (χ1v) is 9.87. The van der Waals surface area contributed by atoms with E-state index in [1.54, 1.807) is 10.9 Å². The summed E-state index contributed by atoms with van der Waals surface area (Å²) in [6.07, 6.45) is 1.71. The molecule has 1 N–H and O–H groups in total. The lowest BCUT2D eigenvalue weighted by molar-refractivity contribution is 0.102. The predicted octanol–water partition coefficient (Wildman–Crippen LogP) is 2.58. The average molecular weight is 390 g/mol. The number of rotatable bonds is 5. The fraction of sp³-hybridized carbons (Fsp3) is 0.318. The second kappa shape index (κ2) is 8.55. The lowest BCUT2D eigenvalue weighted by Gasteiger charge is -2.32. The topological polar surface area (TPSA) is 66.3 Å². The van der Waals surface area contributed by atoms with Crippen molar-refractivity contribution in [2.45, 2.75) is 13.5 Å². The molecule has 0 aliphatic carbocycles. The van der Waals surface area contributed by atoms with E-state index >= 15 is 0 Å². The van der Waals surface area contributed by atoms with Gasteiger partial charge < -0.3 is 10.2 Å². The number of piperazine rings is 1. The second-order valence-corrected chi connectivity index (χ2v) is 7.57. The van der Waals surface area contributed by atoms with Gasteiger partial charge in [-0.05, 0) is 55.9 Å². The van der Waals surface area contributed by atoms with Crippen molar-refractivity contribution in [3.05, 3.63) is 71.5 Å². The molecule has 7 heteroatoms. The second-order valence-electron chi connectivity index (χ2n) is 7.57. The van der Waals surface area contributed by atoms with Gasteiger partial charge in [-0.3, -0.25) is 9.69 Å². The molecule has 0 bridgehead atoms. The molecule has 1 aromatic heterocycles. The van der Waals surface area contributed by atoms with Gasteiger partial charge >= 0.3 is 0 Å². The van der Waals surface area contributed by atoms with Crippen LogP contribution in [0.15, 0.2) is 54.7 Å². The molecule has 29 heavy (non-hydrogen) atoms. The van der Waals surface area contributed by atoms with Crippen molar-refractivity contribution in [2.24, 2.45) is 0 Å². The number of anilines is 1. The average Bonchev–Trinajstić information content (AvgIpc) is 3.16. The van der Waals surface area contributed by atoms with Gasteiger partial charge in [0.05, 0.1) is 17.6 Å². The maximum atomic E-state index is 12.7. The van der Waals surface area contributed by atoms with Crippen LogP contribution in [-0.2, 0) is 6.54 Å². The van der Waals surface area contributed by atoms with Gasteiger partial charge in [-0.25, -0.2) is 4.68 Å². The number of benzene rings is 2. The Morgan fingerprint density at radius 2 is 1.83 bits per heavy atom. The highest BCUT2D eigenvalue weighted by Crippen LogP contribution is 2.16. The minimum atomic E-state index is -0.102. The van der Waals surface area contributed by atoms with Crippen LogP contribution in [0.25, 0.3) is 5.69 Å². The number of hydrogen-bond acceptors (Lipinski definition) is 5. The zero-order chi connectivity index (χ0) is 20.2. The molecule has 2 aromatic carbocycles. The van der Waals surface area contributed by atoms with E-state index in [4.69, 9.17) is 0 Å². The molecular formula is C22H26N6O.